The molecule has 4 heterocycles. The van der Waals surface area contributed by atoms with Gasteiger partial charge >= 0.3 is 0 Å². The van der Waals surface area contributed by atoms with Crippen LogP contribution in [0, 0.1) is 40.9 Å². The molecule has 28 heavy (non-hydrogen) atoms. The van der Waals surface area contributed by atoms with Gasteiger partial charge in [0.05, 0.1) is 0 Å². The van der Waals surface area contributed by atoms with E-state index in [1.807, 2.05) is 0 Å². The van der Waals surface area contributed by atoms with Crippen LogP contribution in [0.2, 0.25) is 0 Å². The number of fused-ring (bicyclic) bond motifs is 2. The second-order valence-electron chi connectivity index (χ2n) is 11.9. The molecule has 4 atom stereocenters. The zero-order chi connectivity index (χ0) is 20.1. The summed E-state index contributed by atoms with van der Waals surface area (Å²) in [5.74, 6) is 6.24. The van der Waals surface area contributed by atoms with Gasteiger partial charge in [-0.25, -0.2) is 0 Å². The molecule has 2 aliphatic carbocycles. The van der Waals surface area contributed by atoms with Crippen molar-refractivity contribution in [2.45, 2.75) is 33.1 Å². The molecule has 0 amide bonds. The Morgan fingerprint density at radius 3 is 1.71 bits per heavy atom. The van der Waals surface area contributed by atoms with Crippen LogP contribution in [-0.2, 0) is 0 Å². The minimum atomic E-state index is 0.814. The summed E-state index contributed by atoms with van der Waals surface area (Å²) in [6, 6.07) is 0. The largest absolute Gasteiger partial charge is 0.306 e. The van der Waals surface area contributed by atoms with Gasteiger partial charge in [-0.1, -0.05) is 13.8 Å². The van der Waals surface area contributed by atoms with Crippen molar-refractivity contribution in [3.05, 3.63) is 0 Å². The quantitative estimate of drug-likeness (QED) is 0.630. The molecule has 4 heteroatoms. The number of nitrogens with zero attached hydrogens (tertiary/aromatic N) is 4. The highest BCUT2D eigenvalue weighted by Gasteiger charge is 2.51. The third kappa shape index (κ3) is 4.61. The Hall–Kier alpha value is -0.160. The monoisotopic (exact) mass is 390 g/mol. The predicted octanol–water partition coefficient (Wildman–Crippen LogP) is 2.66. The molecule has 0 aromatic rings. The van der Waals surface area contributed by atoms with E-state index < -0.39 is 0 Å². The smallest absolute Gasteiger partial charge is 0.00476 e. The molecule has 4 unspecified atom stereocenters. The Kier molecular flexibility index (Phi) is 6.15. The molecule has 2 saturated carbocycles. The fourth-order valence-corrected chi connectivity index (χ4v) is 7.39. The number of hydrogen-bond donors (Lipinski definition) is 0. The molecule has 6 aliphatic rings. The summed E-state index contributed by atoms with van der Waals surface area (Å²) in [6.45, 7) is 15.5. The first-order valence-electron chi connectivity index (χ1n) is 12.0. The van der Waals surface area contributed by atoms with Gasteiger partial charge in [0.15, 0.2) is 0 Å². The Morgan fingerprint density at radius 1 is 0.643 bits per heavy atom. The highest BCUT2D eigenvalue weighted by Crippen LogP contribution is 2.51. The van der Waals surface area contributed by atoms with E-state index in [1.165, 1.54) is 71.6 Å². The zero-order valence-electron chi connectivity index (χ0n) is 19.5. The second kappa shape index (κ2) is 8.17. The van der Waals surface area contributed by atoms with E-state index in [0.29, 0.717) is 0 Å². The Bertz CT molecular complexity index is 493. The average Bonchev–Trinajstić information content (AvgIpc) is 2.93. The standard InChI is InChI=1S/C9H18N2.C8H15N.C7H13N/c1-10-4-3-8-5-11(2)7-9(8)6-10;1-7-3-8(4-7)5-9(2)6-8;1-5-6-3-8(2)4-7(5)6/h8-9H,3-7H2,1-2H3;7H,3-6H2,1-2H3;5-7H,3-4H2,1-2H3. The molecule has 0 radical (unpaired) electrons. The van der Waals surface area contributed by atoms with E-state index in [2.05, 4.69) is 61.6 Å². The van der Waals surface area contributed by atoms with Crippen molar-refractivity contribution in [1.29, 1.82) is 0 Å². The third-order valence-corrected chi connectivity index (χ3v) is 8.77. The molecule has 6 rings (SSSR count). The van der Waals surface area contributed by atoms with E-state index in [9.17, 15) is 0 Å². The van der Waals surface area contributed by atoms with Gasteiger partial charge in [-0.15, -0.1) is 0 Å². The van der Waals surface area contributed by atoms with Crippen LogP contribution in [0.4, 0.5) is 0 Å². The maximum absolute atomic E-state index is 2.48. The molecule has 162 valence electrons. The number of piperidine rings is 2. The van der Waals surface area contributed by atoms with Crippen LogP contribution < -0.4 is 0 Å². The summed E-state index contributed by atoms with van der Waals surface area (Å²) in [5, 5.41) is 0. The lowest BCUT2D eigenvalue weighted by Gasteiger charge is -2.57. The van der Waals surface area contributed by atoms with Crippen molar-refractivity contribution in [3.8, 4) is 0 Å². The molecule has 6 fully saturated rings. The van der Waals surface area contributed by atoms with E-state index in [-0.39, 0.29) is 0 Å². The summed E-state index contributed by atoms with van der Waals surface area (Å²) in [6.07, 6.45) is 4.42. The SMILES string of the molecule is CC1C2CN(C)CC12.CC1CC2(C1)CN(C)C2.CN1CCC2CN(C)CC2C1. The Labute approximate surface area is 174 Å². The molecule has 0 aromatic carbocycles. The van der Waals surface area contributed by atoms with Gasteiger partial charge in [-0.3, -0.25) is 0 Å². The molecule has 0 N–H and O–H groups in total. The van der Waals surface area contributed by atoms with E-state index >= 15 is 0 Å². The van der Waals surface area contributed by atoms with E-state index in [0.717, 1.165) is 40.9 Å². The Balaban J connectivity index is 0.000000104. The first-order valence-corrected chi connectivity index (χ1v) is 12.0. The predicted molar refractivity (Wildman–Crippen MR) is 119 cm³/mol. The van der Waals surface area contributed by atoms with Gasteiger partial charge in [-0.2, -0.15) is 0 Å². The lowest BCUT2D eigenvalue weighted by molar-refractivity contribution is -0.0758. The fourth-order valence-electron chi connectivity index (χ4n) is 7.39. The van der Waals surface area contributed by atoms with Crippen molar-refractivity contribution < 1.29 is 0 Å². The molecule has 0 bridgehead atoms. The van der Waals surface area contributed by atoms with Crippen LogP contribution in [-0.4, -0.2) is 100 Å². The number of hydrogen-bond acceptors (Lipinski definition) is 4. The summed E-state index contributed by atoms with van der Waals surface area (Å²) >= 11 is 0. The van der Waals surface area contributed by atoms with Crippen molar-refractivity contribution in [2.24, 2.45) is 40.9 Å². The topological polar surface area (TPSA) is 13.0 Å². The Morgan fingerprint density at radius 2 is 1.18 bits per heavy atom. The van der Waals surface area contributed by atoms with Gasteiger partial charge in [-0.05, 0) is 94.9 Å². The van der Waals surface area contributed by atoms with Gasteiger partial charge in [0, 0.05) is 45.8 Å². The van der Waals surface area contributed by atoms with Crippen LogP contribution in [0.5, 0.6) is 0 Å². The van der Waals surface area contributed by atoms with Crippen molar-refractivity contribution >= 4 is 0 Å². The molecule has 1 spiro atoms. The summed E-state index contributed by atoms with van der Waals surface area (Å²) in [4.78, 5) is 9.82. The van der Waals surface area contributed by atoms with E-state index in [4.69, 9.17) is 0 Å². The van der Waals surface area contributed by atoms with Crippen LogP contribution in [0.25, 0.3) is 0 Å². The first kappa shape index (κ1) is 21.1. The van der Waals surface area contributed by atoms with Crippen LogP contribution >= 0.6 is 0 Å². The molecule has 4 saturated heterocycles. The van der Waals surface area contributed by atoms with Crippen molar-refractivity contribution in [1.82, 2.24) is 19.6 Å². The van der Waals surface area contributed by atoms with Crippen LogP contribution in [0.15, 0.2) is 0 Å². The summed E-state index contributed by atoms with van der Waals surface area (Å²) < 4.78 is 0. The molecule has 4 nitrogen and oxygen atoms in total. The first-order chi connectivity index (χ1) is 13.2. The highest BCUT2D eigenvalue weighted by atomic mass is 15.2. The highest BCUT2D eigenvalue weighted by molar-refractivity contribution is 5.02. The number of likely N-dealkylation sites (tertiary alicyclic amines) is 4. The second-order valence-corrected chi connectivity index (χ2v) is 11.9. The fraction of sp³-hybridized carbons (Fsp3) is 1.00. The minimum absolute atomic E-state index is 0.814. The van der Waals surface area contributed by atoms with Crippen LogP contribution in [0.1, 0.15) is 33.1 Å². The van der Waals surface area contributed by atoms with Crippen molar-refractivity contribution in [3.63, 3.8) is 0 Å². The van der Waals surface area contributed by atoms with Gasteiger partial charge in [0.25, 0.3) is 0 Å². The molecular formula is C24H46N4. The number of rotatable bonds is 0. The summed E-state index contributed by atoms with van der Waals surface area (Å²) in [7, 11) is 8.93. The maximum Gasteiger partial charge on any atom is 0.00476 e. The van der Waals surface area contributed by atoms with Gasteiger partial charge in [0.1, 0.15) is 0 Å². The van der Waals surface area contributed by atoms with E-state index in [1.54, 1.807) is 0 Å². The molecular weight excluding hydrogens is 344 g/mol. The lowest BCUT2D eigenvalue weighted by Crippen LogP contribution is -2.60. The minimum Gasteiger partial charge on any atom is -0.306 e. The van der Waals surface area contributed by atoms with Crippen LogP contribution in [0.3, 0.4) is 0 Å². The molecule has 0 aromatic heterocycles. The normalized spacial score (nSPS) is 42.4. The average molecular weight is 391 g/mol. The molecule has 4 aliphatic heterocycles. The van der Waals surface area contributed by atoms with Gasteiger partial charge in [0.2, 0.25) is 0 Å². The third-order valence-electron chi connectivity index (χ3n) is 8.77. The summed E-state index contributed by atoms with van der Waals surface area (Å²) in [5.41, 5.74) is 0.814. The van der Waals surface area contributed by atoms with Gasteiger partial charge < -0.3 is 19.6 Å². The lowest BCUT2D eigenvalue weighted by atomic mass is 9.58. The zero-order valence-corrected chi connectivity index (χ0v) is 19.5. The van der Waals surface area contributed by atoms with Crippen molar-refractivity contribution in [2.75, 3.05) is 80.5 Å². The maximum atomic E-state index is 2.48.